The zero-order valence-electron chi connectivity index (χ0n) is 22.1. The van der Waals surface area contributed by atoms with E-state index in [2.05, 4.69) is 47.9 Å². The minimum atomic E-state index is -0.173. The minimum Gasteiger partial charge on any atom is -0.353 e. The maximum absolute atomic E-state index is 13.8. The summed E-state index contributed by atoms with van der Waals surface area (Å²) in [7, 11) is 0. The lowest BCUT2D eigenvalue weighted by molar-refractivity contribution is -0.122. The van der Waals surface area contributed by atoms with Crippen LogP contribution in [0.1, 0.15) is 37.0 Å². The Morgan fingerprint density at radius 2 is 1.79 bits per heavy atom. The van der Waals surface area contributed by atoms with Gasteiger partial charge >= 0.3 is 0 Å². The molecule has 1 aromatic carbocycles. The van der Waals surface area contributed by atoms with Gasteiger partial charge in [0.1, 0.15) is 15.8 Å². The number of hydrogen-bond donors (Lipinski definition) is 0. The summed E-state index contributed by atoms with van der Waals surface area (Å²) in [5.41, 5.74) is 3.12. The van der Waals surface area contributed by atoms with E-state index >= 15 is 0 Å². The number of hydrogen-bond acceptors (Lipinski definition) is 7. The average molecular weight is 548 g/mol. The van der Waals surface area contributed by atoms with E-state index < -0.39 is 0 Å². The van der Waals surface area contributed by atoms with Gasteiger partial charge in [0, 0.05) is 45.5 Å². The van der Waals surface area contributed by atoms with Gasteiger partial charge in [0.2, 0.25) is 0 Å². The van der Waals surface area contributed by atoms with Gasteiger partial charge in [0.15, 0.2) is 0 Å². The molecule has 1 amide bonds. The number of nitrogens with zero attached hydrogens (tertiary/aromatic N) is 5. The Labute approximate surface area is 233 Å². The Morgan fingerprint density at radius 1 is 1.05 bits per heavy atom. The summed E-state index contributed by atoms with van der Waals surface area (Å²) in [4.78, 5) is 38.7. The lowest BCUT2D eigenvalue weighted by atomic mass is 10.1. The van der Waals surface area contributed by atoms with Crippen LogP contribution >= 0.6 is 24.0 Å². The van der Waals surface area contributed by atoms with Crippen LogP contribution in [0.15, 0.2) is 58.4 Å². The van der Waals surface area contributed by atoms with Crippen molar-refractivity contribution < 1.29 is 4.79 Å². The van der Waals surface area contributed by atoms with E-state index in [0.29, 0.717) is 38.7 Å². The van der Waals surface area contributed by atoms with E-state index in [-0.39, 0.29) is 11.5 Å². The Balaban J connectivity index is 1.46. The van der Waals surface area contributed by atoms with Gasteiger partial charge < -0.3 is 4.90 Å². The predicted octanol–water partition coefficient (Wildman–Crippen LogP) is 4.57. The van der Waals surface area contributed by atoms with Crippen LogP contribution in [0.2, 0.25) is 0 Å². The third kappa shape index (κ3) is 5.70. The van der Waals surface area contributed by atoms with E-state index in [9.17, 15) is 9.59 Å². The van der Waals surface area contributed by atoms with Crippen molar-refractivity contribution in [2.24, 2.45) is 5.92 Å². The zero-order chi connectivity index (χ0) is 26.8. The Morgan fingerprint density at radius 3 is 2.50 bits per heavy atom. The third-order valence-electron chi connectivity index (χ3n) is 6.99. The molecule has 4 heterocycles. The van der Waals surface area contributed by atoms with E-state index in [4.69, 9.17) is 17.2 Å². The van der Waals surface area contributed by atoms with Gasteiger partial charge in [-0.2, -0.15) is 0 Å². The smallest absolute Gasteiger partial charge is 0.267 e. The summed E-state index contributed by atoms with van der Waals surface area (Å²) in [5.74, 6) is 0.965. The van der Waals surface area contributed by atoms with Crippen molar-refractivity contribution in [1.82, 2.24) is 19.2 Å². The van der Waals surface area contributed by atoms with Crippen LogP contribution in [-0.4, -0.2) is 62.1 Å². The first-order valence-corrected chi connectivity index (χ1v) is 14.3. The molecular weight excluding hydrogens is 514 g/mol. The van der Waals surface area contributed by atoms with Gasteiger partial charge in [-0.05, 0) is 42.5 Å². The molecule has 38 heavy (non-hydrogen) atoms. The Kier molecular flexibility index (Phi) is 7.97. The quantitative estimate of drug-likeness (QED) is 0.317. The summed E-state index contributed by atoms with van der Waals surface area (Å²) in [6.45, 7) is 10.9. The second-order valence-corrected chi connectivity index (χ2v) is 12.0. The molecule has 0 radical (unpaired) electrons. The molecule has 0 bridgehead atoms. The van der Waals surface area contributed by atoms with Crippen LogP contribution in [-0.2, 0) is 11.3 Å². The van der Waals surface area contributed by atoms with Crippen LogP contribution in [0.4, 0.5) is 5.82 Å². The second kappa shape index (κ2) is 11.4. The fraction of sp³-hybridized carbons (Fsp3) is 0.379. The van der Waals surface area contributed by atoms with Crippen LogP contribution in [0.5, 0.6) is 0 Å². The van der Waals surface area contributed by atoms with Gasteiger partial charge in [-0.1, -0.05) is 74.2 Å². The molecule has 3 aromatic rings. The maximum atomic E-state index is 13.8. The van der Waals surface area contributed by atoms with Crippen LogP contribution in [0.3, 0.4) is 0 Å². The van der Waals surface area contributed by atoms with Crippen molar-refractivity contribution in [2.45, 2.75) is 33.7 Å². The number of carbonyl (C=O) groups is 1. The van der Waals surface area contributed by atoms with Crippen LogP contribution < -0.4 is 10.5 Å². The second-order valence-electron chi connectivity index (χ2n) is 10.4. The first-order chi connectivity index (χ1) is 18.3. The number of anilines is 1. The monoisotopic (exact) mass is 547 g/mol. The molecule has 0 atom stereocenters. The standard InChI is InChI=1S/C29H33N5O2S2/c1-20(2)11-12-33-28(36)24(38-29(33)37)17-23-26(30-25-10-9-21(3)18-34(25)27(23)35)32-15-13-31(14-16-32)19-22-7-5-4-6-8-22/h4-10,17-18,20H,11-16,19H2,1-3H3/b24-17-. The van der Waals surface area contributed by atoms with Crippen molar-refractivity contribution in [3.8, 4) is 0 Å². The van der Waals surface area contributed by atoms with E-state index in [1.807, 2.05) is 25.1 Å². The van der Waals surface area contributed by atoms with Crippen molar-refractivity contribution >= 4 is 51.7 Å². The number of aryl methyl sites for hydroxylation is 1. The summed E-state index contributed by atoms with van der Waals surface area (Å²) in [5, 5.41) is 0. The molecular formula is C29H33N5O2S2. The van der Waals surface area contributed by atoms with Crippen molar-refractivity contribution in [3.63, 3.8) is 0 Å². The van der Waals surface area contributed by atoms with Crippen LogP contribution in [0.25, 0.3) is 11.7 Å². The zero-order valence-corrected chi connectivity index (χ0v) is 23.7. The molecule has 0 unspecified atom stereocenters. The Hall–Kier alpha value is -3.01. The van der Waals surface area contributed by atoms with Crippen molar-refractivity contribution in [3.05, 3.63) is 80.6 Å². The van der Waals surface area contributed by atoms with Crippen molar-refractivity contribution in [2.75, 3.05) is 37.6 Å². The molecule has 9 heteroatoms. The number of amides is 1. The summed E-state index contributed by atoms with van der Waals surface area (Å²) >= 11 is 6.80. The highest BCUT2D eigenvalue weighted by molar-refractivity contribution is 8.26. The molecule has 0 aliphatic carbocycles. The number of piperazine rings is 1. The summed E-state index contributed by atoms with van der Waals surface area (Å²) < 4.78 is 2.12. The van der Waals surface area contributed by atoms with Crippen LogP contribution in [0, 0.1) is 12.8 Å². The third-order valence-corrected chi connectivity index (χ3v) is 8.36. The summed E-state index contributed by atoms with van der Waals surface area (Å²) in [6, 6.07) is 14.3. The number of carbonyl (C=O) groups excluding carboxylic acids is 1. The highest BCUT2D eigenvalue weighted by Crippen LogP contribution is 2.34. The predicted molar refractivity (Wildman–Crippen MR) is 159 cm³/mol. The van der Waals surface area contributed by atoms with Gasteiger partial charge in [-0.15, -0.1) is 0 Å². The number of thioether (sulfide) groups is 1. The molecule has 0 spiro atoms. The first-order valence-electron chi connectivity index (χ1n) is 13.1. The fourth-order valence-corrected chi connectivity index (χ4v) is 6.08. The SMILES string of the molecule is Cc1ccc2nc(N3CCN(Cc4ccccc4)CC3)c(/C=C3\SC(=S)N(CCC(C)C)C3=O)c(=O)n2c1. The van der Waals surface area contributed by atoms with Gasteiger partial charge in [0.05, 0.1) is 10.5 Å². The number of pyridine rings is 1. The molecule has 2 aromatic heterocycles. The van der Waals surface area contributed by atoms with E-state index in [1.165, 1.54) is 17.3 Å². The number of rotatable bonds is 7. The highest BCUT2D eigenvalue weighted by atomic mass is 32.2. The number of benzene rings is 1. The molecule has 7 nitrogen and oxygen atoms in total. The molecule has 198 valence electrons. The topological polar surface area (TPSA) is 61.2 Å². The highest BCUT2D eigenvalue weighted by Gasteiger charge is 2.33. The first kappa shape index (κ1) is 26.6. The van der Waals surface area contributed by atoms with Gasteiger partial charge in [-0.3, -0.25) is 23.8 Å². The Bertz CT molecular complexity index is 1440. The molecule has 2 aliphatic rings. The molecule has 2 fully saturated rings. The number of fused-ring (bicyclic) bond motifs is 1. The minimum absolute atomic E-state index is 0.131. The molecule has 5 rings (SSSR count). The maximum Gasteiger partial charge on any atom is 0.267 e. The van der Waals surface area contributed by atoms with Gasteiger partial charge in [0.25, 0.3) is 11.5 Å². The normalized spacial score (nSPS) is 17.9. The molecule has 2 saturated heterocycles. The molecule has 0 N–H and O–H groups in total. The molecule has 2 aliphatic heterocycles. The number of aromatic nitrogens is 2. The fourth-order valence-electron chi connectivity index (χ4n) is 4.78. The molecule has 0 saturated carbocycles. The number of thiocarbonyl (C=S) groups is 1. The van der Waals surface area contributed by atoms with Crippen molar-refractivity contribution in [1.29, 1.82) is 0 Å². The lowest BCUT2D eigenvalue weighted by Crippen LogP contribution is -2.47. The summed E-state index contributed by atoms with van der Waals surface area (Å²) in [6.07, 6.45) is 4.39. The van der Waals surface area contributed by atoms with E-state index in [0.717, 1.165) is 44.7 Å². The largest absolute Gasteiger partial charge is 0.353 e. The van der Waals surface area contributed by atoms with Gasteiger partial charge in [-0.25, -0.2) is 4.98 Å². The van der Waals surface area contributed by atoms with E-state index in [1.54, 1.807) is 21.6 Å². The lowest BCUT2D eigenvalue weighted by Gasteiger charge is -2.36. The average Bonchev–Trinajstić information content (AvgIpc) is 3.17.